The van der Waals surface area contributed by atoms with Gasteiger partial charge in [0.15, 0.2) is 11.5 Å². The lowest BCUT2D eigenvalue weighted by Crippen LogP contribution is -2.52. The zero-order chi connectivity index (χ0) is 24.6. The number of carbonyl (C=O) groups excluding carboxylic acids is 1. The third-order valence-electron chi connectivity index (χ3n) is 7.59. The van der Waals surface area contributed by atoms with E-state index >= 15 is 0 Å². The summed E-state index contributed by atoms with van der Waals surface area (Å²) in [4.78, 5) is 24.9. The summed E-state index contributed by atoms with van der Waals surface area (Å²) < 4.78 is 11.0. The number of carbonyl (C=O) groups is 1. The molecule has 2 aliphatic heterocycles. The molecule has 36 heavy (non-hydrogen) atoms. The Balaban J connectivity index is 1.29. The summed E-state index contributed by atoms with van der Waals surface area (Å²) in [6, 6.07) is 5.98. The number of hydrogen-bond donors (Lipinski definition) is 0. The van der Waals surface area contributed by atoms with Crippen LogP contribution in [0.1, 0.15) is 31.2 Å². The van der Waals surface area contributed by atoms with Crippen molar-refractivity contribution in [3.63, 3.8) is 0 Å². The number of piperidine rings is 1. The van der Waals surface area contributed by atoms with E-state index in [1.165, 1.54) is 0 Å². The minimum absolute atomic E-state index is 0.0653. The van der Waals surface area contributed by atoms with Crippen LogP contribution in [-0.2, 0) is 4.79 Å². The number of thiophene rings is 1. The van der Waals surface area contributed by atoms with Gasteiger partial charge in [-0.1, -0.05) is 12.2 Å². The molecule has 3 aliphatic rings. The predicted octanol–water partition coefficient (Wildman–Crippen LogP) is 4.51. The molecule has 3 aromatic rings. The van der Waals surface area contributed by atoms with Crippen LogP contribution in [0.25, 0.3) is 10.9 Å². The number of ether oxygens (including phenoxy) is 2. The SMILES string of the molecule is COc1ccc(C2=NN(C3CCN(c4ncnc5cscc45)CC3)C(=O)C3CC=CCC23)cc1OC. The number of fused-ring (bicyclic) bond motifs is 2. The van der Waals surface area contributed by atoms with Gasteiger partial charge in [0, 0.05) is 35.3 Å². The van der Waals surface area contributed by atoms with Gasteiger partial charge in [-0.25, -0.2) is 15.0 Å². The summed E-state index contributed by atoms with van der Waals surface area (Å²) in [5.74, 6) is 2.47. The third-order valence-corrected chi connectivity index (χ3v) is 8.32. The normalized spacial score (nSPS) is 22.5. The van der Waals surface area contributed by atoms with Gasteiger partial charge in [-0.3, -0.25) is 4.79 Å². The van der Waals surface area contributed by atoms with Crippen molar-refractivity contribution in [2.24, 2.45) is 16.9 Å². The Bertz CT molecular complexity index is 1340. The minimum atomic E-state index is -0.0825. The van der Waals surface area contributed by atoms with E-state index in [0.29, 0.717) is 11.5 Å². The molecule has 0 radical (unpaired) electrons. The van der Waals surface area contributed by atoms with Crippen molar-refractivity contribution in [1.29, 1.82) is 0 Å². The van der Waals surface area contributed by atoms with Crippen molar-refractivity contribution in [2.75, 3.05) is 32.2 Å². The van der Waals surface area contributed by atoms with Gasteiger partial charge in [0.25, 0.3) is 0 Å². The molecule has 4 heterocycles. The second-order valence-electron chi connectivity index (χ2n) is 9.48. The van der Waals surface area contributed by atoms with Gasteiger partial charge in [-0.05, 0) is 43.9 Å². The highest BCUT2D eigenvalue weighted by Crippen LogP contribution is 2.39. The van der Waals surface area contributed by atoms with Crippen molar-refractivity contribution in [1.82, 2.24) is 15.0 Å². The second-order valence-corrected chi connectivity index (χ2v) is 10.2. The number of benzene rings is 1. The minimum Gasteiger partial charge on any atom is -0.493 e. The Morgan fingerprint density at radius 2 is 1.75 bits per heavy atom. The largest absolute Gasteiger partial charge is 0.493 e. The Kier molecular flexibility index (Phi) is 6.08. The lowest BCUT2D eigenvalue weighted by Gasteiger charge is -2.42. The molecule has 1 fully saturated rings. The molecule has 0 saturated carbocycles. The molecule has 1 amide bonds. The van der Waals surface area contributed by atoms with E-state index in [-0.39, 0.29) is 23.8 Å². The number of nitrogens with zero attached hydrogens (tertiary/aromatic N) is 5. The standard InChI is InChI=1S/C27H29N5O3S/c1-34-23-8-7-17(13-24(23)35-2)25-19-5-3-4-6-20(19)27(33)32(30-25)18-9-11-31(12-10-18)26-21-14-36-15-22(21)28-16-29-26/h3-4,7-8,13-16,18-20H,5-6,9-12H2,1-2H3. The highest BCUT2D eigenvalue weighted by atomic mass is 32.1. The highest BCUT2D eigenvalue weighted by Gasteiger charge is 2.43. The molecule has 9 heteroatoms. The van der Waals surface area contributed by atoms with Crippen LogP contribution >= 0.6 is 11.3 Å². The fourth-order valence-electron chi connectivity index (χ4n) is 5.67. The molecule has 0 N–H and O–H groups in total. The maximum atomic E-state index is 13.7. The van der Waals surface area contributed by atoms with E-state index in [9.17, 15) is 4.79 Å². The molecule has 2 atom stereocenters. The maximum absolute atomic E-state index is 13.7. The van der Waals surface area contributed by atoms with Crippen molar-refractivity contribution in [2.45, 2.75) is 31.7 Å². The molecule has 186 valence electrons. The fourth-order valence-corrected chi connectivity index (χ4v) is 6.42. The van der Waals surface area contributed by atoms with E-state index in [1.807, 2.05) is 18.2 Å². The van der Waals surface area contributed by atoms with E-state index in [0.717, 1.165) is 66.8 Å². The van der Waals surface area contributed by atoms with Gasteiger partial charge >= 0.3 is 0 Å². The molecule has 1 aromatic carbocycles. The Morgan fingerprint density at radius 3 is 2.53 bits per heavy atom. The molecule has 1 aliphatic carbocycles. The number of hydrogen-bond acceptors (Lipinski definition) is 8. The number of hydrazone groups is 1. The molecule has 0 bridgehead atoms. The summed E-state index contributed by atoms with van der Waals surface area (Å²) in [5, 5.41) is 12.1. The average molecular weight is 504 g/mol. The summed E-state index contributed by atoms with van der Waals surface area (Å²) in [7, 11) is 3.27. The number of anilines is 1. The third kappa shape index (κ3) is 3.91. The van der Waals surface area contributed by atoms with Crippen molar-refractivity contribution in [3.05, 3.63) is 53.0 Å². The lowest BCUT2D eigenvalue weighted by atomic mass is 9.76. The smallest absolute Gasteiger partial charge is 0.247 e. The summed E-state index contributed by atoms with van der Waals surface area (Å²) in [5.41, 5.74) is 2.93. The second kappa shape index (κ2) is 9.54. The quantitative estimate of drug-likeness (QED) is 0.477. The molecule has 1 saturated heterocycles. The molecule has 2 aromatic heterocycles. The van der Waals surface area contributed by atoms with Crippen LogP contribution in [-0.4, -0.2) is 59.9 Å². The van der Waals surface area contributed by atoms with Crippen molar-refractivity contribution >= 4 is 39.7 Å². The molecular formula is C27H29N5O3S. The van der Waals surface area contributed by atoms with Crippen LogP contribution in [0.4, 0.5) is 5.82 Å². The van der Waals surface area contributed by atoms with Crippen molar-refractivity contribution in [3.8, 4) is 11.5 Å². The first-order valence-corrected chi connectivity index (χ1v) is 13.3. The first kappa shape index (κ1) is 23.0. The maximum Gasteiger partial charge on any atom is 0.247 e. The van der Waals surface area contributed by atoms with Crippen LogP contribution < -0.4 is 14.4 Å². The number of aromatic nitrogens is 2. The number of rotatable bonds is 5. The molecule has 6 rings (SSSR count). The van der Waals surface area contributed by atoms with Crippen LogP contribution in [0.2, 0.25) is 0 Å². The monoisotopic (exact) mass is 503 g/mol. The Morgan fingerprint density at radius 1 is 0.972 bits per heavy atom. The first-order chi connectivity index (χ1) is 17.7. The first-order valence-electron chi connectivity index (χ1n) is 12.4. The number of amides is 1. The summed E-state index contributed by atoms with van der Waals surface area (Å²) in [6.07, 6.45) is 9.21. The van der Waals surface area contributed by atoms with E-state index in [1.54, 1.807) is 36.9 Å². The van der Waals surface area contributed by atoms with Crippen LogP contribution in [0.5, 0.6) is 11.5 Å². The van der Waals surface area contributed by atoms with Gasteiger partial charge < -0.3 is 14.4 Å². The van der Waals surface area contributed by atoms with Gasteiger partial charge in [0.1, 0.15) is 12.1 Å². The fraction of sp³-hybridized carbons (Fsp3) is 0.407. The molecule has 2 unspecified atom stereocenters. The Hall–Kier alpha value is -3.46. The topological polar surface area (TPSA) is 80.2 Å². The van der Waals surface area contributed by atoms with Crippen LogP contribution in [0.3, 0.4) is 0 Å². The number of allylic oxidation sites excluding steroid dienone is 2. The molecule has 8 nitrogen and oxygen atoms in total. The number of methoxy groups -OCH3 is 2. The van der Waals surface area contributed by atoms with E-state index in [4.69, 9.17) is 14.6 Å². The Labute approximate surface area is 214 Å². The van der Waals surface area contributed by atoms with Crippen LogP contribution in [0, 0.1) is 11.8 Å². The predicted molar refractivity (Wildman–Crippen MR) is 141 cm³/mol. The van der Waals surface area contributed by atoms with Gasteiger partial charge in [0.05, 0.1) is 42.8 Å². The van der Waals surface area contributed by atoms with Crippen molar-refractivity contribution < 1.29 is 14.3 Å². The van der Waals surface area contributed by atoms with E-state index < -0.39 is 0 Å². The van der Waals surface area contributed by atoms with Gasteiger partial charge in [-0.2, -0.15) is 5.10 Å². The zero-order valence-corrected chi connectivity index (χ0v) is 21.3. The average Bonchev–Trinajstić information content (AvgIpc) is 3.42. The summed E-state index contributed by atoms with van der Waals surface area (Å²) in [6.45, 7) is 1.65. The van der Waals surface area contributed by atoms with E-state index in [2.05, 4.69) is 37.8 Å². The highest BCUT2D eigenvalue weighted by molar-refractivity contribution is 7.09. The lowest BCUT2D eigenvalue weighted by molar-refractivity contribution is -0.140. The zero-order valence-electron chi connectivity index (χ0n) is 20.5. The molecule has 0 spiro atoms. The van der Waals surface area contributed by atoms with Crippen LogP contribution in [0.15, 0.2) is 52.5 Å². The van der Waals surface area contributed by atoms with Gasteiger partial charge in [0.2, 0.25) is 5.91 Å². The summed E-state index contributed by atoms with van der Waals surface area (Å²) >= 11 is 1.65. The van der Waals surface area contributed by atoms with Gasteiger partial charge in [-0.15, -0.1) is 11.3 Å². The molecular weight excluding hydrogens is 474 g/mol.